The number of rotatable bonds is 9. The van der Waals surface area contributed by atoms with E-state index in [1.807, 2.05) is 19.9 Å². The van der Waals surface area contributed by atoms with Gasteiger partial charge in [0.1, 0.15) is 28.6 Å². The van der Waals surface area contributed by atoms with E-state index >= 15 is 0 Å². The summed E-state index contributed by atoms with van der Waals surface area (Å²) in [6.07, 6.45) is 5.65. The SMILES string of the molecule is COC(=O)c1ccc(N2CCC(CCOc3cc4ncnc(Nc5n[nH]c(C)c5C)c4cc3S(=O)(=O)C(C)(C)C)CC2)nc1. The van der Waals surface area contributed by atoms with Gasteiger partial charge in [0.05, 0.1) is 29.5 Å². The number of aromatic amines is 1. The maximum absolute atomic E-state index is 13.8. The summed E-state index contributed by atoms with van der Waals surface area (Å²) < 4.78 is 37.4. The van der Waals surface area contributed by atoms with Crippen molar-refractivity contribution in [1.29, 1.82) is 0 Å². The monoisotopic (exact) mass is 621 g/mol. The van der Waals surface area contributed by atoms with E-state index in [0.717, 1.165) is 49.4 Å². The number of methoxy groups -OCH3 is 1. The quantitative estimate of drug-likeness (QED) is 0.239. The number of sulfone groups is 1. The molecule has 4 aromatic rings. The number of piperidine rings is 1. The van der Waals surface area contributed by atoms with Gasteiger partial charge in [-0.1, -0.05) is 0 Å². The summed E-state index contributed by atoms with van der Waals surface area (Å²) in [5.74, 6) is 2.20. The van der Waals surface area contributed by atoms with Crippen molar-refractivity contribution in [3.8, 4) is 5.75 Å². The summed E-state index contributed by atoms with van der Waals surface area (Å²) in [4.78, 5) is 27.3. The van der Waals surface area contributed by atoms with Gasteiger partial charge in [-0.05, 0) is 78.0 Å². The summed E-state index contributed by atoms with van der Waals surface area (Å²) in [5.41, 5.74) is 2.85. The summed E-state index contributed by atoms with van der Waals surface area (Å²) in [6.45, 7) is 10.9. The van der Waals surface area contributed by atoms with E-state index in [-0.39, 0.29) is 10.6 Å². The standard InChI is InChI=1S/C31H39N7O5S/c1-19-20(2)36-37-28(19)35-29-23-15-26(44(40,41)31(3,4)5)25(16-24(23)33-18-34-29)43-14-11-21-9-12-38(13-10-21)27-8-7-22(17-32-27)30(39)42-6/h7-8,15-18,21H,9-14H2,1-6H3,(H2,33,34,35,36,37). The Hall–Kier alpha value is -4.26. The zero-order chi connectivity index (χ0) is 31.6. The normalized spacial score (nSPS) is 14.5. The molecular formula is C31H39N7O5S. The van der Waals surface area contributed by atoms with Crippen LogP contribution in [0.3, 0.4) is 0 Å². The number of nitrogens with one attached hydrogen (secondary N) is 2. The Kier molecular flexibility index (Phi) is 8.78. The summed E-state index contributed by atoms with van der Waals surface area (Å²) in [6, 6.07) is 6.87. The lowest BCUT2D eigenvalue weighted by atomic mass is 9.94. The first-order valence-corrected chi connectivity index (χ1v) is 16.1. The Morgan fingerprint density at radius 1 is 1.09 bits per heavy atom. The van der Waals surface area contributed by atoms with Crippen molar-refractivity contribution in [1.82, 2.24) is 25.1 Å². The highest BCUT2D eigenvalue weighted by atomic mass is 32.2. The van der Waals surface area contributed by atoms with Crippen LogP contribution in [0, 0.1) is 19.8 Å². The fourth-order valence-electron chi connectivity index (χ4n) is 5.13. The van der Waals surface area contributed by atoms with Gasteiger partial charge in [0.2, 0.25) is 0 Å². The van der Waals surface area contributed by atoms with Crippen molar-refractivity contribution in [2.24, 2.45) is 5.92 Å². The first-order chi connectivity index (χ1) is 20.9. The minimum Gasteiger partial charge on any atom is -0.492 e. The highest BCUT2D eigenvalue weighted by Gasteiger charge is 2.34. The van der Waals surface area contributed by atoms with E-state index in [1.165, 1.54) is 19.6 Å². The minimum atomic E-state index is -3.77. The topological polar surface area (TPSA) is 152 Å². The molecule has 1 aliphatic rings. The molecule has 0 saturated carbocycles. The summed E-state index contributed by atoms with van der Waals surface area (Å²) in [5, 5.41) is 11.0. The largest absolute Gasteiger partial charge is 0.492 e. The molecule has 0 atom stereocenters. The molecule has 2 N–H and O–H groups in total. The lowest BCUT2D eigenvalue weighted by Gasteiger charge is -2.33. The number of anilines is 3. The van der Waals surface area contributed by atoms with Gasteiger partial charge in [-0.25, -0.2) is 28.2 Å². The van der Waals surface area contributed by atoms with Gasteiger partial charge in [-0.15, -0.1) is 0 Å². The Bertz CT molecular complexity index is 1760. The second kappa shape index (κ2) is 12.4. The average molecular weight is 622 g/mol. The molecular weight excluding hydrogens is 582 g/mol. The molecule has 1 aromatic carbocycles. The number of aryl methyl sites for hydroxylation is 1. The molecule has 5 rings (SSSR count). The number of H-pyrrole nitrogens is 1. The van der Waals surface area contributed by atoms with Crippen molar-refractivity contribution in [3.05, 3.63) is 53.6 Å². The van der Waals surface area contributed by atoms with E-state index in [9.17, 15) is 13.2 Å². The van der Waals surface area contributed by atoms with Crippen LogP contribution in [0.1, 0.15) is 61.6 Å². The number of benzene rings is 1. The number of carbonyl (C=O) groups is 1. The van der Waals surface area contributed by atoms with E-state index < -0.39 is 20.6 Å². The van der Waals surface area contributed by atoms with Crippen LogP contribution in [-0.2, 0) is 14.6 Å². The van der Waals surface area contributed by atoms with Crippen LogP contribution in [0.15, 0.2) is 41.7 Å². The smallest absolute Gasteiger partial charge is 0.339 e. The first-order valence-electron chi connectivity index (χ1n) is 14.6. The van der Waals surface area contributed by atoms with Crippen molar-refractivity contribution in [2.75, 3.05) is 37.0 Å². The number of ether oxygens (including phenoxy) is 2. The van der Waals surface area contributed by atoms with Crippen LogP contribution in [0.4, 0.5) is 17.5 Å². The molecule has 13 heteroatoms. The molecule has 0 spiro atoms. The van der Waals surface area contributed by atoms with Crippen LogP contribution in [0.2, 0.25) is 0 Å². The molecule has 0 amide bonds. The highest BCUT2D eigenvalue weighted by Crippen LogP contribution is 2.37. The molecule has 0 radical (unpaired) electrons. The zero-order valence-electron chi connectivity index (χ0n) is 26.0. The van der Waals surface area contributed by atoms with Crippen molar-refractivity contribution >= 4 is 44.2 Å². The van der Waals surface area contributed by atoms with Gasteiger partial charge in [-0.2, -0.15) is 5.10 Å². The molecule has 0 aliphatic carbocycles. The molecule has 12 nitrogen and oxygen atoms in total. The van der Waals surface area contributed by atoms with Gasteiger partial charge in [0, 0.05) is 42.0 Å². The minimum absolute atomic E-state index is 0.113. The Labute approximate surface area is 257 Å². The lowest BCUT2D eigenvalue weighted by Crippen LogP contribution is -2.34. The third kappa shape index (κ3) is 6.33. The van der Waals surface area contributed by atoms with Crippen LogP contribution in [0.25, 0.3) is 10.9 Å². The van der Waals surface area contributed by atoms with Gasteiger partial charge in [0.15, 0.2) is 15.7 Å². The van der Waals surface area contributed by atoms with Crippen LogP contribution in [-0.4, -0.2) is 71.1 Å². The van der Waals surface area contributed by atoms with E-state index in [2.05, 4.69) is 35.4 Å². The number of hydrogen-bond donors (Lipinski definition) is 2. The molecule has 1 fully saturated rings. The molecule has 1 saturated heterocycles. The molecule has 44 heavy (non-hydrogen) atoms. The van der Waals surface area contributed by atoms with Gasteiger partial charge < -0.3 is 19.7 Å². The molecule has 234 valence electrons. The predicted molar refractivity (Wildman–Crippen MR) is 168 cm³/mol. The maximum Gasteiger partial charge on any atom is 0.339 e. The zero-order valence-corrected chi connectivity index (χ0v) is 26.8. The highest BCUT2D eigenvalue weighted by molar-refractivity contribution is 7.92. The van der Waals surface area contributed by atoms with E-state index in [0.29, 0.717) is 40.6 Å². The Morgan fingerprint density at radius 2 is 1.84 bits per heavy atom. The van der Waals surface area contributed by atoms with Crippen LogP contribution < -0.4 is 15.0 Å². The predicted octanol–water partition coefficient (Wildman–Crippen LogP) is 5.15. The van der Waals surface area contributed by atoms with Gasteiger partial charge >= 0.3 is 5.97 Å². The second-order valence-corrected chi connectivity index (χ2v) is 14.7. The average Bonchev–Trinajstić information content (AvgIpc) is 3.32. The van der Waals surface area contributed by atoms with Crippen LogP contribution >= 0.6 is 0 Å². The fraction of sp³-hybridized carbons (Fsp3) is 0.452. The third-order valence-corrected chi connectivity index (χ3v) is 10.7. The number of hydrogen-bond acceptors (Lipinski definition) is 11. The maximum atomic E-state index is 13.8. The number of aromatic nitrogens is 5. The van der Waals surface area contributed by atoms with Crippen molar-refractivity contribution in [3.63, 3.8) is 0 Å². The molecule has 4 heterocycles. The van der Waals surface area contributed by atoms with E-state index in [4.69, 9.17) is 9.47 Å². The number of nitrogens with zero attached hydrogens (tertiary/aromatic N) is 5. The van der Waals surface area contributed by atoms with Crippen molar-refractivity contribution in [2.45, 2.75) is 63.5 Å². The number of carbonyl (C=O) groups excluding carboxylic acids is 1. The second-order valence-electron chi connectivity index (χ2n) is 12.1. The Balaban J connectivity index is 1.31. The third-order valence-electron chi connectivity index (χ3n) is 8.18. The van der Waals surface area contributed by atoms with Gasteiger partial charge in [-0.3, -0.25) is 5.10 Å². The number of pyridine rings is 1. The van der Waals surface area contributed by atoms with Crippen LogP contribution in [0.5, 0.6) is 5.75 Å². The van der Waals surface area contributed by atoms with Gasteiger partial charge in [0.25, 0.3) is 0 Å². The number of fused-ring (bicyclic) bond motifs is 1. The van der Waals surface area contributed by atoms with E-state index in [1.54, 1.807) is 39.0 Å². The molecule has 0 unspecified atom stereocenters. The molecule has 3 aromatic heterocycles. The first kappa shape index (κ1) is 31.2. The Morgan fingerprint density at radius 3 is 2.45 bits per heavy atom. The molecule has 0 bridgehead atoms. The number of esters is 1. The lowest BCUT2D eigenvalue weighted by molar-refractivity contribution is 0.0600. The summed E-state index contributed by atoms with van der Waals surface area (Å²) >= 11 is 0. The fourth-order valence-corrected chi connectivity index (χ4v) is 6.45. The molecule has 1 aliphatic heterocycles. The van der Waals surface area contributed by atoms with Crippen molar-refractivity contribution < 1.29 is 22.7 Å². The summed E-state index contributed by atoms with van der Waals surface area (Å²) in [7, 11) is -2.42.